The van der Waals surface area contributed by atoms with Gasteiger partial charge in [-0.3, -0.25) is 0 Å². The first-order chi connectivity index (χ1) is 14.2. The fourth-order valence-corrected chi connectivity index (χ4v) is 4.53. The van der Waals surface area contributed by atoms with E-state index in [2.05, 4.69) is 43.5 Å². The van der Waals surface area contributed by atoms with Crippen LogP contribution in [-0.2, 0) is 30.7 Å². The van der Waals surface area contributed by atoms with Gasteiger partial charge in [-0.1, -0.05) is 42.0 Å². The summed E-state index contributed by atoms with van der Waals surface area (Å²) in [7, 11) is 0. The second kappa shape index (κ2) is 14.6. The summed E-state index contributed by atoms with van der Waals surface area (Å²) in [6, 6.07) is 24.1. The van der Waals surface area contributed by atoms with E-state index in [4.69, 9.17) is 0 Å². The normalized spacial score (nSPS) is 12.9. The fourth-order valence-electron chi connectivity index (χ4n) is 3.66. The van der Waals surface area contributed by atoms with Gasteiger partial charge in [0.05, 0.1) is 0 Å². The van der Waals surface area contributed by atoms with E-state index in [-0.39, 0.29) is 24.8 Å². The van der Waals surface area contributed by atoms with Gasteiger partial charge in [0.1, 0.15) is 0 Å². The molecule has 0 aliphatic heterocycles. The summed E-state index contributed by atoms with van der Waals surface area (Å²) in [5.74, 6) is 0. The number of hydrogen-bond donors (Lipinski definition) is 0. The summed E-state index contributed by atoms with van der Waals surface area (Å²) in [6.45, 7) is 7.63. The zero-order valence-corrected chi connectivity index (χ0v) is 21.8. The van der Waals surface area contributed by atoms with Crippen molar-refractivity contribution in [1.29, 1.82) is 0 Å². The molecule has 0 spiro atoms. The van der Waals surface area contributed by atoms with Crippen molar-refractivity contribution in [3.8, 4) is 11.1 Å². The monoisotopic (exact) mass is 524 g/mol. The molecule has 160 valence electrons. The predicted octanol–water partition coefficient (Wildman–Crippen LogP) is 1.43. The molecule has 0 aromatic heterocycles. The standard InChI is InChI=1S/C17H13.C6H10.C5H5.2ClH.Zr/c1-3-12-5-7-14-11-15-8-6-13(4-2)10-17(15)16(14)9-12;1-2-4-6-5-3-1;1-2-4-5-3-1;;;/h3-7,9-10H,1-2,11H2;1-5H2;1-5H;2*1H;/q-1;;-1;;;+2/p-2. The Morgan fingerprint density at radius 1 is 0.871 bits per heavy atom. The molecule has 5 rings (SSSR count). The minimum absolute atomic E-state index is 0. The van der Waals surface area contributed by atoms with Crippen molar-refractivity contribution in [1.82, 2.24) is 0 Å². The summed E-state index contributed by atoms with van der Waals surface area (Å²) >= 11 is 1.69. The second-order valence-electron chi connectivity index (χ2n) is 7.45. The molecule has 3 aromatic carbocycles. The predicted molar refractivity (Wildman–Crippen MR) is 124 cm³/mol. The maximum absolute atomic E-state index is 3.82. The Bertz CT molecular complexity index is 890. The third-order valence-corrected chi connectivity index (χ3v) is 6.55. The molecule has 1 saturated carbocycles. The van der Waals surface area contributed by atoms with E-state index < -0.39 is 0 Å². The Balaban J connectivity index is 0.000000285. The van der Waals surface area contributed by atoms with Crippen LogP contribution in [0.2, 0.25) is 0 Å². The largest absolute Gasteiger partial charge is 0.214 e. The molecule has 1 fully saturated rings. The number of halogens is 2. The third-order valence-electron chi connectivity index (χ3n) is 5.32. The van der Waals surface area contributed by atoms with Gasteiger partial charge in [-0.25, -0.2) is 12.1 Å². The van der Waals surface area contributed by atoms with Crippen molar-refractivity contribution < 1.29 is 49.0 Å². The maximum atomic E-state index is 3.82. The Morgan fingerprint density at radius 3 is 2.03 bits per heavy atom. The van der Waals surface area contributed by atoms with Crippen LogP contribution in [0.15, 0.2) is 73.8 Å². The molecule has 31 heavy (non-hydrogen) atoms. The average molecular weight is 527 g/mol. The van der Waals surface area contributed by atoms with Gasteiger partial charge in [-0.05, 0) is 12.0 Å². The van der Waals surface area contributed by atoms with Crippen molar-refractivity contribution in [3.63, 3.8) is 0 Å². The summed E-state index contributed by atoms with van der Waals surface area (Å²) in [4.78, 5) is 0. The zero-order valence-electron chi connectivity index (χ0n) is 17.8. The van der Waals surface area contributed by atoms with Crippen molar-refractivity contribution in [2.75, 3.05) is 0 Å². The third kappa shape index (κ3) is 8.23. The zero-order chi connectivity index (χ0) is 20.5. The molecule has 3 heteroatoms. The molecule has 0 radical (unpaired) electrons. The molecule has 0 unspecified atom stereocenters. The molecule has 0 N–H and O–H groups in total. The van der Waals surface area contributed by atoms with Crippen LogP contribution < -0.4 is 24.8 Å². The van der Waals surface area contributed by atoms with Crippen LogP contribution in [0, 0.1) is 6.07 Å². The molecule has 0 atom stereocenters. The molecular weight excluding hydrogens is 498 g/mol. The van der Waals surface area contributed by atoms with E-state index in [1.807, 2.05) is 48.6 Å². The van der Waals surface area contributed by atoms with Crippen molar-refractivity contribution in [2.24, 2.45) is 0 Å². The molecule has 0 saturated heterocycles. The van der Waals surface area contributed by atoms with E-state index in [0.29, 0.717) is 0 Å². The first-order valence-corrected chi connectivity index (χ1v) is 11.6. The van der Waals surface area contributed by atoms with Crippen LogP contribution in [0.25, 0.3) is 23.3 Å². The molecule has 0 heterocycles. The maximum Gasteiger partial charge on any atom is -0.172 e. The van der Waals surface area contributed by atoms with E-state index in [0.717, 1.165) is 12.0 Å². The van der Waals surface area contributed by atoms with Gasteiger partial charge in [0.2, 0.25) is 0 Å². The van der Waals surface area contributed by atoms with Gasteiger partial charge in [-0.2, -0.15) is 42.0 Å². The van der Waals surface area contributed by atoms with Crippen molar-refractivity contribution >= 4 is 15.4 Å². The van der Waals surface area contributed by atoms with Crippen LogP contribution in [0.3, 0.4) is 0 Å². The average Bonchev–Trinajstić information content (AvgIpc) is 3.45. The van der Waals surface area contributed by atoms with Gasteiger partial charge in [0, 0.05) is 0 Å². The molecule has 0 bridgehead atoms. The fraction of sp³-hybridized carbons (Fsp3) is 0.214. The Kier molecular flexibility index (Phi) is 13.0. The number of rotatable bonds is 2. The smallest absolute Gasteiger partial charge is 0.172 e. The van der Waals surface area contributed by atoms with Crippen LogP contribution in [0.5, 0.6) is 0 Å². The first kappa shape index (κ1) is 27.6. The van der Waals surface area contributed by atoms with Gasteiger partial charge in [0.15, 0.2) is 0 Å². The summed E-state index contributed by atoms with van der Waals surface area (Å²) in [5.41, 5.74) is 7.56. The molecule has 3 aromatic rings. The SMILES string of the molecule is C=Cc1c[c-]c2c(c1)-c1cc(C=C)ccc1C2.[Cl-].[Cl-].[Zr+2]=[C]1CCCCC1.c1cc[cH-]c1. The van der Waals surface area contributed by atoms with Crippen LogP contribution in [0.4, 0.5) is 0 Å². The molecular formula is C28H28Cl2Zr-2. The Hall–Kier alpha value is -1.40. The van der Waals surface area contributed by atoms with Crippen LogP contribution in [0.1, 0.15) is 54.4 Å². The van der Waals surface area contributed by atoms with Gasteiger partial charge < -0.3 is 24.8 Å². The van der Waals surface area contributed by atoms with E-state index >= 15 is 0 Å². The number of hydrogen-bond acceptors (Lipinski definition) is 0. The van der Waals surface area contributed by atoms with Gasteiger partial charge in [0.25, 0.3) is 0 Å². The quantitative estimate of drug-likeness (QED) is 0.347. The second-order valence-corrected chi connectivity index (χ2v) is 9.19. The first-order valence-electron chi connectivity index (χ1n) is 10.4. The number of benzene rings is 2. The minimum Gasteiger partial charge on any atom is -0.214 e. The van der Waals surface area contributed by atoms with E-state index in [1.54, 1.807) is 27.4 Å². The molecule has 2 aliphatic carbocycles. The molecule has 0 amide bonds. The van der Waals surface area contributed by atoms with Gasteiger partial charge in [-0.15, -0.1) is 23.8 Å². The Labute approximate surface area is 215 Å². The number of fused-ring (bicyclic) bond motifs is 3. The summed E-state index contributed by atoms with van der Waals surface area (Å²) in [5, 5.41) is 0. The van der Waals surface area contributed by atoms with Crippen molar-refractivity contribution in [3.05, 3.63) is 102 Å². The Morgan fingerprint density at radius 2 is 1.52 bits per heavy atom. The molecule has 2 aliphatic rings. The van der Waals surface area contributed by atoms with E-state index in [1.165, 1.54) is 59.9 Å². The topological polar surface area (TPSA) is 0 Å². The van der Waals surface area contributed by atoms with E-state index in [9.17, 15) is 0 Å². The molecule has 0 nitrogen and oxygen atoms in total. The summed E-state index contributed by atoms with van der Waals surface area (Å²) in [6.07, 6.45) is 12.1. The van der Waals surface area contributed by atoms with Crippen molar-refractivity contribution in [2.45, 2.75) is 38.5 Å². The van der Waals surface area contributed by atoms with Crippen LogP contribution in [-0.4, -0.2) is 3.21 Å². The minimum atomic E-state index is 0. The van der Waals surface area contributed by atoms with Gasteiger partial charge >= 0.3 is 59.5 Å². The van der Waals surface area contributed by atoms with Crippen LogP contribution >= 0.6 is 0 Å². The summed E-state index contributed by atoms with van der Waals surface area (Å²) < 4.78 is 1.80.